The quantitative estimate of drug-likeness (QED) is 0.730. The van der Waals surface area contributed by atoms with Gasteiger partial charge >= 0.3 is 0 Å². The van der Waals surface area contributed by atoms with E-state index >= 15 is 0 Å². The second kappa shape index (κ2) is 4.65. The molecule has 0 aliphatic carbocycles. The highest BCUT2D eigenvalue weighted by molar-refractivity contribution is 5.85. The van der Waals surface area contributed by atoms with Crippen molar-refractivity contribution in [3.8, 4) is 5.75 Å². The van der Waals surface area contributed by atoms with Gasteiger partial charge in [-0.15, -0.1) is 0 Å². The molecule has 4 heteroatoms. The minimum atomic E-state index is 0.637. The third-order valence-electron chi connectivity index (χ3n) is 3.01. The molecule has 0 unspecified atom stereocenters. The molecule has 0 aliphatic heterocycles. The second-order valence-electron chi connectivity index (χ2n) is 4.33. The van der Waals surface area contributed by atoms with Crippen LogP contribution in [0.1, 0.15) is 11.5 Å². The Hall–Kier alpha value is -2.49. The number of nitrogens with two attached hydrogens (primary N) is 1. The summed E-state index contributed by atoms with van der Waals surface area (Å²) >= 11 is 0. The minimum absolute atomic E-state index is 0.637. The highest BCUT2D eigenvalue weighted by atomic mass is 16.5. The van der Waals surface area contributed by atoms with Gasteiger partial charge in [-0.25, -0.2) is 4.98 Å². The van der Waals surface area contributed by atoms with Gasteiger partial charge in [0.2, 0.25) is 0 Å². The number of fused-ring (bicyclic) bond motifs is 1. The maximum absolute atomic E-state index is 5.86. The zero-order valence-electron chi connectivity index (χ0n) is 10.6. The van der Waals surface area contributed by atoms with E-state index in [0.717, 1.165) is 22.4 Å². The Morgan fingerprint density at radius 2 is 1.95 bits per heavy atom. The third-order valence-corrected chi connectivity index (χ3v) is 3.01. The lowest BCUT2D eigenvalue weighted by atomic mass is 10.1. The van der Waals surface area contributed by atoms with E-state index < -0.39 is 0 Å². The molecule has 0 saturated carbocycles. The van der Waals surface area contributed by atoms with Crippen molar-refractivity contribution in [1.82, 2.24) is 4.98 Å². The molecule has 19 heavy (non-hydrogen) atoms. The Kier molecular flexibility index (Phi) is 2.83. The number of ether oxygens (including phenoxy) is 1. The summed E-state index contributed by atoms with van der Waals surface area (Å²) in [5.41, 5.74) is 9.07. The predicted molar refractivity (Wildman–Crippen MR) is 74.2 cm³/mol. The van der Waals surface area contributed by atoms with Crippen molar-refractivity contribution in [2.45, 2.75) is 6.42 Å². The second-order valence-corrected chi connectivity index (χ2v) is 4.33. The Balaban J connectivity index is 1.90. The summed E-state index contributed by atoms with van der Waals surface area (Å²) in [6.07, 6.45) is 0.637. The zero-order chi connectivity index (χ0) is 13.2. The molecule has 0 atom stereocenters. The minimum Gasteiger partial charge on any atom is -0.497 e. The molecule has 0 fully saturated rings. The van der Waals surface area contributed by atoms with Crippen LogP contribution in [0.25, 0.3) is 11.1 Å². The van der Waals surface area contributed by atoms with Gasteiger partial charge in [-0.3, -0.25) is 0 Å². The van der Waals surface area contributed by atoms with Gasteiger partial charge in [0.1, 0.15) is 11.3 Å². The number of methoxy groups -OCH3 is 1. The predicted octanol–water partition coefficient (Wildman–Crippen LogP) is 3.01. The van der Waals surface area contributed by atoms with Crippen molar-refractivity contribution in [2.24, 2.45) is 0 Å². The molecule has 3 aromatic rings. The van der Waals surface area contributed by atoms with Crippen LogP contribution < -0.4 is 10.5 Å². The lowest BCUT2D eigenvalue weighted by Gasteiger charge is -2.00. The average molecular weight is 254 g/mol. The van der Waals surface area contributed by atoms with Gasteiger partial charge in [0.15, 0.2) is 11.5 Å². The Labute approximate surface area is 110 Å². The van der Waals surface area contributed by atoms with Crippen molar-refractivity contribution in [3.63, 3.8) is 0 Å². The first kappa shape index (κ1) is 11.6. The standard InChI is InChI=1S/C15H14N2O2/c1-18-11-7-5-10(6-8-11)9-14-17-15-12(16)3-2-4-13(15)19-14/h2-8H,9,16H2,1H3. The zero-order valence-corrected chi connectivity index (χ0v) is 10.6. The molecule has 1 aromatic heterocycles. The molecular formula is C15H14N2O2. The molecule has 1 heterocycles. The summed E-state index contributed by atoms with van der Waals surface area (Å²) in [5, 5.41) is 0. The molecule has 0 saturated heterocycles. The first-order chi connectivity index (χ1) is 9.26. The first-order valence-electron chi connectivity index (χ1n) is 6.03. The molecule has 0 bridgehead atoms. The Morgan fingerprint density at radius 1 is 1.16 bits per heavy atom. The number of hydrogen-bond donors (Lipinski definition) is 1. The normalized spacial score (nSPS) is 10.8. The summed E-state index contributed by atoms with van der Waals surface area (Å²) in [7, 11) is 1.65. The van der Waals surface area contributed by atoms with E-state index in [0.29, 0.717) is 18.0 Å². The summed E-state index contributed by atoms with van der Waals surface area (Å²) in [4.78, 5) is 4.43. The fourth-order valence-electron chi connectivity index (χ4n) is 2.01. The molecule has 0 radical (unpaired) electrons. The van der Waals surface area contributed by atoms with Gasteiger partial charge in [0.25, 0.3) is 0 Å². The summed E-state index contributed by atoms with van der Waals surface area (Å²) in [6, 6.07) is 13.4. The van der Waals surface area contributed by atoms with Crippen molar-refractivity contribution >= 4 is 16.8 Å². The number of aromatic nitrogens is 1. The van der Waals surface area contributed by atoms with Crippen LogP contribution in [-0.4, -0.2) is 12.1 Å². The van der Waals surface area contributed by atoms with Crippen LogP contribution in [0.2, 0.25) is 0 Å². The molecule has 4 nitrogen and oxygen atoms in total. The molecule has 0 amide bonds. The number of nitrogen functional groups attached to an aromatic ring is 1. The Bertz CT molecular complexity index is 702. The van der Waals surface area contributed by atoms with Crippen molar-refractivity contribution in [2.75, 3.05) is 12.8 Å². The highest BCUT2D eigenvalue weighted by Gasteiger charge is 2.08. The third kappa shape index (κ3) is 2.25. The fraction of sp³-hybridized carbons (Fsp3) is 0.133. The molecule has 3 rings (SSSR count). The van der Waals surface area contributed by atoms with Crippen LogP contribution >= 0.6 is 0 Å². The monoisotopic (exact) mass is 254 g/mol. The van der Waals surface area contributed by atoms with Crippen molar-refractivity contribution in [3.05, 3.63) is 53.9 Å². The fourth-order valence-corrected chi connectivity index (χ4v) is 2.01. The molecular weight excluding hydrogens is 240 g/mol. The van der Waals surface area contributed by atoms with Gasteiger partial charge in [-0.05, 0) is 29.8 Å². The molecule has 96 valence electrons. The van der Waals surface area contributed by atoms with E-state index in [1.807, 2.05) is 42.5 Å². The number of hydrogen-bond acceptors (Lipinski definition) is 4. The van der Waals surface area contributed by atoms with Gasteiger partial charge in [0.05, 0.1) is 12.8 Å². The van der Waals surface area contributed by atoms with E-state index in [2.05, 4.69) is 4.98 Å². The molecule has 0 aliphatic rings. The average Bonchev–Trinajstić information content (AvgIpc) is 2.84. The van der Waals surface area contributed by atoms with Crippen LogP contribution in [0.15, 0.2) is 46.9 Å². The topological polar surface area (TPSA) is 61.3 Å². The molecule has 2 aromatic carbocycles. The lowest BCUT2D eigenvalue weighted by molar-refractivity contribution is 0.414. The Morgan fingerprint density at radius 3 is 2.63 bits per heavy atom. The van der Waals surface area contributed by atoms with Crippen LogP contribution in [0.4, 0.5) is 5.69 Å². The lowest BCUT2D eigenvalue weighted by Crippen LogP contribution is -1.89. The van der Waals surface area contributed by atoms with E-state index in [4.69, 9.17) is 14.9 Å². The maximum atomic E-state index is 5.86. The van der Waals surface area contributed by atoms with E-state index in [1.165, 1.54) is 0 Å². The largest absolute Gasteiger partial charge is 0.497 e. The van der Waals surface area contributed by atoms with Crippen LogP contribution in [-0.2, 0) is 6.42 Å². The summed E-state index contributed by atoms with van der Waals surface area (Å²) < 4.78 is 10.8. The van der Waals surface area contributed by atoms with Gasteiger partial charge < -0.3 is 14.9 Å². The number of para-hydroxylation sites is 1. The van der Waals surface area contributed by atoms with Gasteiger partial charge in [-0.2, -0.15) is 0 Å². The first-order valence-corrected chi connectivity index (χ1v) is 6.03. The van der Waals surface area contributed by atoms with E-state index in [-0.39, 0.29) is 0 Å². The van der Waals surface area contributed by atoms with Crippen molar-refractivity contribution < 1.29 is 9.15 Å². The number of benzene rings is 2. The molecule has 2 N–H and O–H groups in total. The van der Waals surface area contributed by atoms with Crippen molar-refractivity contribution in [1.29, 1.82) is 0 Å². The van der Waals surface area contributed by atoms with Crippen LogP contribution in [0.3, 0.4) is 0 Å². The number of nitrogens with zero attached hydrogens (tertiary/aromatic N) is 1. The van der Waals surface area contributed by atoms with E-state index in [1.54, 1.807) is 7.11 Å². The highest BCUT2D eigenvalue weighted by Crippen LogP contribution is 2.23. The smallest absolute Gasteiger partial charge is 0.199 e. The van der Waals surface area contributed by atoms with Gasteiger partial charge in [0, 0.05) is 6.42 Å². The maximum Gasteiger partial charge on any atom is 0.199 e. The van der Waals surface area contributed by atoms with Crippen LogP contribution in [0, 0.1) is 0 Å². The SMILES string of the molecule is COc1ccc(Cc2nc3c(N)cccc3o2)cc1. The summed E-state index contributed by atoms with van der Waals surface area (Å²) in [6.45, 7) is 0. The molecule has 0 spiro atoms. The van der Waals surface area contributed by atoms with Gasteiger partial charge in [-0.1, -0.05) is 18.2 Å². The summed E-state index contributed by atoms with van der Waals surface area (Å²) in [5.74, 6) is 1.50. The van der Waals surface area contributed by atoms with E-state index in [9.17, 15) is 0 Å². The number of oxazole rings is 1. The number of rotatable bonds is 3. The van der Waals surface area contributed by atoms with Crippen LogP contribution in [0.5, 0.6) is 5.75 Å². The number of anilines is 1.